The van der Waals surface area contributed by atoms with Crippen LogP contribution in [0.1, 0.15) is 12.0 Å². The number of aliphatic carboxylic acids is 1. The average molecular weight is 254 g/mol. The summed E-state index contributed by atoms with van der Waals surface area (Å²) in [4.78, 5) is 21.2. The normalized spacial score (nSPS) is 10.6. The lowest BCUT2D eigenvalue weighted by Gasteiger charge is -2.06. The second kappa shape index (κ2) is 4.58. The van der Waals surface area contributed by atoms with Crippen molar-refractivity contribution in [1.29, 1.82) is 0 Å². The molecule has 0 bridgehead atoms. The highest BCUT2D eigenvalue weighted by molar-refractivity contribution is 7.16. The zero-order valence-corrected chi connectivity index (χ0v) is 9.87. The van der Waals surface area contributed by atoms with E-state index in [4.69, 9.17) is 14.3 Å². The van der Waals surface area contributed by atoms with Crippen LogP contribution < -0.4 is 9.68 Å². The molecular formula is C11H10O5S. The lowest BCUT2D eigenvalue weighted by Crippen LogP contribution is -1.99. The Labute approximate surface area is 100 Å². The van der Waals surface area contributed by atoms with Crippen molar-refractivity contribution in [3.8, 4) is 5.75 Å². The highest BCUT2D eigenvalue weighted by Crippen LogP contribution is 2.28. The van der Waals surface area contributed by atoms with Gasteiger partial charge in [0.2, 0.25) is 0 Å². The summed E-state index contributed by atoms with van der Waals surface area (Å²) in [5.74, 6) is -0.297. The summed E-state index contributed by atoms with van der Waals surface area (Å²) >= 11 is 0.996. The van der Waals surface area contributed by atoms with Gasteiger partial charge in [-0.1, -0.05) is 11.3 Å². The van der Waals surface area contributed by atoms with Gasteiger partial charge in [-0.3, -0.25) is 4.79 Å². The fourth-order valence-corrected chi connectivity index (χ4v) is 2.25. The summed E-state index contributed by atoms with van der Waals surface area (Å²) in [6.45, 7) is 0. The second-order valence-electron chi connectivity index (χ2n) is 3.46. The summed E-state index contributed by atoms with van der Waals surface area (Å²) in [5, 5.41) is 8.64. The topological polar surface area (TPSA) is 76.7 Å². The summed E-state index contributed by atoms with van der Waals surface area (Å²) in [6, 6.07) is 3.36. The number of carboxylic acids is 1. The minimum absolute atomic E-state index is 0.0102. The monoisotopic (exact) mass is 254 g/mol. The Morgan fingerprint density at radius 3 is 2.94 bits per heavy atom. The van der Waals surface area contributed by atoms with Crippen LogP contribution in [0.2, 0.25) is 0 Å². The zero-order chi connectivity index (χ0) is 12.4. The van der Waals surface area contributed by atoms with E-state index in [1.165, 1.54) is 7.11 Å². The van der Waals surface area contributed by atoms with Gasteiger partial charge >= 0.3 is 10.9 Å². The molecule has 1 aromatic carbocycles. The molecule has 0 aliphatic carbocycles. The quantitative estimate of drug-likeness (QED) is 0.901. The Bertz CT molecular complexity index is 610. The Morgan fingerprint density at radius 1 is 1.53 bits per heavy atom. The third-order valence-corrected chi connectivity index (χ3v) is 3.13. The number of ether oxygens (including phenoxy) is 1. The molecule has 5 nitrogen and oxygen atoms in total. The second-order valence-corrected chi connectivity index (χ2v) is 4.44. The minimum atomic E-state index is -0.876. The molecule has 0 aliphatic heterocycles. The van der Waals surface area contributed by atoms with E-state index in [0.29, 0.717) is 22.5 Å². The van der Waals surface area contributed by atoms with Crippen LogP contribution in [0.4, 0.5) is 0 Å². The Hall–Kier alpha value is -1.82. The van der Waals surface area contributed by atoms with Gasteiger partial charge in [0.05, 0.1) is 11.8 Å². The molecule has 1 aromatic heterocycles. The van der Waals surface area contributed by atoms with E-state index in [1.54, 1.807) is 12.1 Å². The third-order valence-electron chi connectivity index (χ3n) is 2.34. The largest absolute Gasteiger partial charge is 0.496 e. The van der Waals surface area contributed by atoms with Gasteiger partial charge in [0, 0.05) is 12.5 Å². The molecule has 0 amide bonds. The van der Waals surface area contributed by atoms with E-state index < -0.39 is 5.97 Å². The molecule has 1 N–H and O–H groups in total. The van der Waals surface area contributed by atoms with Gasteiger partial charge in [0.25, 0.3) is 0 Å². The Morgan fingerprint density at radius 2 is 2.29 bits per heavy atom. The summed E-state index contributed by atoms with van der Waals surface area (Å²) in [7, 11) is 1.51. The molecule has 0 radical (unpaired) electrons. The molecule has 2 aromatic rings. The Kier molecular flexibility index (Phi) is 3.14. The maximum absolute atomic E-state index is 11.1. The standard InChI is InChI=1S/C11H10O5S/c1-15-7-5-9-8(16-11(14)17-9)4-6(7)2-3-10(12)13/h4-5H,2-3H2,1H3,(H,12,13). The first-order valence-electron chi connectivity index (χ1n) is 4.92. The molecule has 0 aliphatic rings. The van der Waals surface area contributed by atoms with Gasteiger partial charge in [-0.15, -0.1) is 0 Å². The molecule has 0 unspecified atom stereocenters. The number of hydrogen-bond acceptors (Lipinski definition) is 5. The molecule has 0 saturated heterocycles. The maximum Gasteiger partial charge on any atom is 0.396 e. The van der Waals surface area contributed by atoms with Gasteiger partial charge in [-0.25, -0.2) is 4.79 Å². The van der Waals surface area contributed by atoms with E-state index in [9.17, 15) is 9.59 Å². The third kappa shape index (κ3) is 2.47. The molecule has 17 heavy (non-hydrogen) atoms. The number of hydrogen-bond donors (Lipinski definition) is 1. The Balaban J connectivity index is 2.44. The minimum Gasteiger partial charge on any atom is -0.496 e. The molecule has 1 heterocycles. The van der Waals surface area contributed by atoms with Crippen LogP contribution >= 0.6 is 11.3 Å². The van der Waals surface area contributed by atoms with Crippen molar-refractivity contribution in [1.82, 2.24) is 0 Å². The maximum atomic E-state index is 11.1. The van der Waals surface area contributed by atoms with Gasteiger partial charge in [-0.05, 0) is 18.1 Å². The molecule has 0 spiro atoms. The first-order valence-corrected chi connectivity index (χ1v) is 5.74. The lowest BCUT2D eigenvalue weighted by atomic mass is 10.1. The summed E-state index contributed by atoms with van der Waals surface area (Å²) in [6.07, 6.45) is 0.351. The highest BCUT2D eigenvalue weighted by atomic mass is 32.1. The van der Waals surface area contributed by atoms with Crippen LogP contribution in [0.5, 0.6) is 5.75 Å². The predicted molar refractivity (Wildman–Crippen MR) is 62.9 cm³/mol. The van der Waals surface area contributed by atoms with Crippen molar-refractivity contribution in [2.24, 2.45) is 0 Å². The van der Waals surface area contributed by atoms with Crippen LogP contribution in [0.25, 0.3) is 10.3 Å². The van der Waals surface area contributed by atoms with Gasteiger partial charge in [0.15, 0.2) is 0 Å². The van der Waals surface area contributed by atoms with E-state index >= 15 is 0 Å². The van der Waals surface area contributed by atoms with Crippen molar-refractivity contribution in [3.63, 3.8) is 0 Å². The number of aryl methyl sites for hydroxylation is 1. The van der Waals surface area contributed by atoms with Crippen LogP contribution in [0.3, 0.4) is 0 Å². The number of carboxylic acid groups (broad SMARTS) is 1. The molecular weight excluding hydrogens is 244 g/mol. The van der Waals surface area contributed by atoms with E-state index in [1.807, 2.05) is 0 Å². The van der Waals surface area contributed by atoms with Crippen LogP contribution in [-0.2, 0) is 11.2 Å². The number of carbonyl (C=O) groups is 1. The van der Waals surface area contributed by atoms with E-state index in [-0.39, 0.29) is 11.4 Å². The first kappa shape index (κ1) is 11.7. The van der Waals surface area contributed by atoms with Gasteiger partial charge in [-0.2, -0.15) is 0 Å². The molecule has 0 atom stereocenters. The lowest BCUT2D eigenvalue weighted by molar-refractivity contribution is -0.136. The van der Waals surface area contributed by atoms with Crippen LogP contribution in [0, 0.1) is 0 Å². The zero-order valence-electron chi connectivity index (χ0n) is 9.06. The fraction of sp³-hybridized carbons (Fsp3) is 0.273. The molecule has 0 fully saturated rings. The van der Waals surface area contributed by atoms with Gasteiger partial charge in [0.1, 0.15) is 11.3 Å². The smallest absolute Gasteiger partial charge is 0.396 e. The van der Waals surface area contributed by atoms with E-state index in [0.717, 1.165) is 16.9 Å². The number of methoxy groups -OCH3 is 1. The highest BCUT2D eigenvalue weighted by Gasteiger charge is 2.11. The number of benzene rings is 1. The molecule has 90 valence electrons. The van der Waals surface area contributed by atoms with Crippen molar-refractivity contribution < 1.29 is 19.1 Å². The van der Waals surface area contributed by atoms with Crippen molar-refractivity contribution in [2.45, 2.75) is 12.8 Å². The average Bonchev–Trinajstić information content (AvgIpc) is 2.63. The predicted octanol–water partition coefficient (Wildman–Crippen LogP) is 1.88. The molecule has 0 saturated carbocycles. The van der Waals surface area contributed by atoms with Crippen LogP contribution in [-0.4, -0.2) is 18.2 Å². The van der Waals surface area contributed by atoms with Crippen LogP contribution in [0.15, 0.2) is 21.3 Å². The molecule has 6 heteroatoms. The first-order chi connectivity index (χ1) is 8.10. The number of fused-ring (bicyclic) bond motifs is 1. The van der Waals surface area contributed by atoms with Crippen molar-refractivity contribution in [3.05, 3.63) is 27.4 Å². The van der Waals surface area contributed by atoms with E-state index in [2.05, 4.69) is 0 Å². The summed E-state index contributed by atoms with van der Waals surface area (Å²) < 4.78 is 10.8. The van der Waals surface area contributed by atoms with Crippen molar-refractivity contribution >= 4 is 27.6 Å². The fourth-order valence-electron chi connectivity index (χ4n) is 1.57. The van der Waals surface area contributed by atoms with Gasteiger partial charge < -0.3 is 14.3 Å². The number of rotatable bonds is 4. The van der Waals surface area contributed by atoms with Crippen molar-refractivity contribution in [2.75, 3.05) is 7.11 Å². The molecule has 2 rings (SSSR count). The summed E-state index contributed by atoms with van der Waals surface area (Å²) in [5.41, 5.74) is 1.20. The SMILES string of the molecule is COc1cc2sc(=O)oc2cc1CCC(=O)O.